The molecule has 0 unspecified atom stereocenters. The number of rotatable bonds is 5. The largest absolute Gasteiger partial charge is 0.329 e. The first-order valence-electron chi connectivity index (χ1n) is 8.19. The van der Waals surface area contributed by atoms with Gasteiger partial charge in [0.15, 0.2) is 0 Å². The van der Waals surface area contributed by atoms with E-state index in [1.54, 1.807) is 0 Å². The molecule has 0 aromatic heterocycles. The SMILES string of the molecule is O=[N+]([O-])c1cc(S(=O)(=O)N2CC[NH+](Cc3ccccc3)CC2)ccc1F. The Balaban J connectivity index is 1.70. The van der Waals surface area contributed by atoms with Crippen LogP contribution in [0.5, 0.6) is 0 Å². The molecule has 0 radical (unpaired) electrons. The molecule has 138 valence electrons. The van der Waals surface area contributed by atoms with E-state index in [4.69, 9.17) is 0 Å². The van der Waals surface area contributed by atoms with Gasteiger partial charge in [-0.15, -0.1) is 0 Å². The molecule has 9 heteroatoms. The molecule has 26 heavy (non-hydrogen) atoms. The van der Waals surface area contributed by atoms with Gasteiger partial charge in [0, 0.05) is 11.6 Å². The Bertz CT molecular complexity index is 897. The van der Waals surface area contributed by atoms with Crippen molar-refractivity contribution >= 4 is 15.7 Å². The van der Waals surface area contributed by atoms with Gasteiger partial charge in [-0.2, -0.15) is 8.70 Å². The lowest BCUT2D eigenvalue weighted by Gasteiger charge is -2.31. The molecular formula is C17H19FN3O4S+. The molecule has 2 aromatic carbocycles. The molecule has 0 aliphatic carbocycles. The first kappa shape index (κ1) is 18.4. The number of quaternary nitrogens is 1. The van der Waals surface area contributed by atoms with Gasteiger partial charge in [0.1, 0.15) is 6.54 Å². The minimum Gasteiger partial charge on any atom is -0.329 e. The third-order valence-corrected chi connectivity index (χ3v) is 6.37. The van der Waals surface area contributed by atoms with E-state index in [9.17, 15) is 22.9 Å². The van der Waals surface area contributed by atoms with E-state index in [-0.39, 0.29) is 4.90 Å². The van der Waals surface area contributed by atoms with E-state index >= 15 is 0 Å². The topological polar surface area (TPSA) is 85.0 Å². The summed E-state index contributed by atoms with van der Waals surface area (Å²) in [5.41, 5.74) is 0.354. The second-order valence-corrected chi connectivity index (χ2v) is 8.12. The van der Waals surface area contributed by atoms with Crippen LogP contribution in [-0.4, -0.2) is 43.8 Å². The fourth-order valence-electron chi connectivity index (χ4n) is 3.05. The van der Waals surface area contributed by atoms with Crippen molar-refractivity contribution < 1.29 is 22.6 Å². The third kappa shape index (κ3) is 3.90. The number of piperazine rings is 1. The van der Waals surface area contributed by atoms with E-state index in [2.05, 4.69) is 0 Å². The summed E-state index contributed by atoms with van der Waals surface area (Å²) in [6.45, 7) is 2.72. The van der Waals surface area contributed by atoms with Crippen LogP contribution in [0, 0.1) is 15.9 Å². The van der Waals surface area contributed by atoms with Gasteiger partial charge in [-0.25, -0.2) is 8.42 Å². The quantitative estimate of drug-likeness (QED) is 0.615. The van der Waals surface area contributed by atoms with E-state index in [1.165, 1.54) is 14.8 Å². The number of halogens is 1. The van der Waals surface area contributed by atoms with Crippen molar-refractivity contribution in [3.63, 3.8) is 0 Å². The molecule has 0 spiro atoms. The zero-order valence-corrected chi connectivity index (χ0v) is 14.8. The lowest BCUT2D eigenvalue weighted by atomic mass is 10.2. The van der Waals surface area contributed by atoms with Crippen LogP contribution in [0.4, 0.5) is 10.1 Å². The Labute approximate surface area is 150 Å². The summed E-state index contributed by atoms with van der Waals surface area (Å²) in [7, 11) is -3.88. The van der Waals surface area contributed by atoms with E-state index in [1.807, 2.05) is 30.3 Å². The second kappa shape index (κ2) is 7.48. The van der Waals surface area contributed by atoms with Gasteiger partial charge in [0.2, 0.25) is 15.8 Å². The maximum atomic E-state index is 13.5. The van der Waals surface area contributed by atoms with Crippen molar-refractivity contribution in [1.82, 2.24) is 4.31 Å². The predicted octanol–water partition coefficient (Wildman–Crippen LogP) is 0.823. The highest BCUT2D eigenvalue weighted by Crippen LogP contribution is 2.24. The summed E-state index contributed by atoms with van der Waals surface area (Å²) < 4.78 is 40.2. The van der Waals surface area contributed by atoms with E-state index in [0.717, 1.165) is 24.7 Å². The fourth-order valence-corrected chi connectivity index (χ4v) is 4.51. The Hall–Kier alpha value is -2.36. The van der Waals surface area contributed by atoms with Crippen LogP contribution in [0.2, 0.25) is 0 Å². The van der Waals surface area contributed by atoms with Gasteiger partial charge in [-0.1, -0.05) is 30.3 Å². The van der Waals surface area contributed by atoms with Crippen LogP contribution in [-0.2, 0) is 16.6 Å². The minimum absolute atomic E-state index is 0.253. The normalized spacial score (nSPS) is 16.5. The lowest BCUT2D eigenvalue weighted by Crippen LogP contribution is -3.13. The number of sulfonamides is 1. The second-order valence-electron chi connectivity index (χ2n) is 6.19. The Morgan fingerprint density at radius 1 is 1.12 bits per heavy atom. The number of nitro groups is 1. The highest BCUT2D eigenvalue weighted by molar-refractivity contribution is 7.89. The van der Waals surface area contributed by atoms with E-state index < -0.39 is 26.5 Å². The zero-order chi connectivity index (χ0) is 18.7. The molecule has 1 saturated heterocycles. The molecular weight excluding hydrogens is 361 g/mol. The standard InChI is InChI=1S/C17H18FN3O4S/c18-16-7-6-15(12-17(16)21(22)23)26(24,25)20-10-8-19(9-11-20)13-14-4-2-1-3-5-14/h1-7,12H,8-11,13H2/p+1. The van der Waals surface area contributed by atoms with Gasteiger partial charge >= 0.3 is 5.69 Å². The average molecular weight is 380 g/mol. The number of nitro benzene ring substituents is 1. The van der Waals surface area contributed by atoms with Crippen molar-refractivity contribution in [3.05, 3.63) is 70.0 Å². The van der Waals surface area contributed by atoms with Gasteiger partial charge in [0.05, 0.1) is 36.0 Å². The molecule has 1 aliphatic rings. The summed E-state index contributed by atoms with van der Waals surface area (Å²) in [6, 6.07) is 12.6. The molecule has 7 nitrogen and oxygen atoms in total. The first-order chi connectivity index (χ1) is 12.4. The molecule has 1 fully saturated rings. The van der Waals surface area contributed by atoms with Crippen molar-refractivity contribution in [2.45, 2.75) is 11.4 Å². The number of hydrogen-bond donors (Lipinski definition) is 1. The van der Waals surface area contributed by atoms with Crippen molar-refractivity contribution in [1.29, 1.82) is 0 Å². The summed E-state index contributed by atoms with van der Waals surface area (Å²) in [5.74, 6) is -1.05. The first-order valence-corrected chi connectivity index (χ1v) is 9.63. The van der Waals surface area contributed by atoms with Crippen LogP contribution in [0.1, 0.15) is 5.56 Å². The van der Waals surface area contributed by atoms with Crippen LogP contribution in [0.25, 0.3) is 0 Å². The molecule has 1 N–H and O–H groups in total. The van der Waals surface area contributed by atoms with Crippen LogP contribution >= 0.6 is 0 Å². The average Bonchev–Trinajstić information content (AvgIpc) is 2.63. The molecule has 0 saturated carbocycles. The van der Waals surface area contributed by atoms with Crippen molar-refractivity contribution in [3.8, 4) is 0 Å². The van der Waals surface area contributed by atoms with Gasteiger partial charge in [-0.3, -0.25) is 10.1 Å². The fraction of sp³-hybridized carbons (Fsp3) is 0.294. The number of nitrogens with one attached hydrogen (secondary N) is 1. The highest BCUT2D eigenvalue weighted by atomic mass is 32.2. The lowest BCUT2D eigenvalue weighted by molar-refractivity contribution is -0.917. The van der Waals surface area contributed by atoms with Crippen LogP contribution in [0.15, 0.2) is 53.4 Å². The monoisotopic (exact) mass is 380 g/mol. The number of hydrogen-bond acceptors (Lipinski definition) is 4. The summed E-state index contributed by atoms with van der Waals surface area (Å²) >= 11 is 0. The predicted molar refractivity (Wildman–Crippen MR) is 92.7 cm³/mol. The van der Waals surface area contributed by atoms with Crippen molar-refractivity contribution in [2.24, 2.45) is 0 Å². The van der Waals surface area contributed by atoms with Crippen LogP contribution in [0.3, 0.4) is 0 Å². The van der Waals surface area contributed by atoms with E-state index in [0.29, 0.717) is 26.2 Å². The maximum absolute atomic E-state index is 13.5. The molecule has 3 rings (SSSR count). The molecule has 0 amide bonds. The smallest absolute Gasteiger partial charge is 0.306 e. The Morgan fingerprint density at radius 3 is 2.38 bits per heavy atom. The third-order valence-electron chi connectivity index (χ3n) is 4.48. The minimum atomic E-state index is -3.88. The summed E-state index contributed by atoms with van der Waals surface area (Å²) in [5, 5.41) is 10.8. The number of nitrogens with zero attached hydrogens (tertiary/aromatic N) is 2. The number of benzene rings is 2. The Morgan fingerprint density at radius 2 is 1.77 bits per heavy atom. The van der Waals surface area contributed by atoms with Crippen LogP contribution < -0.4 is 4.90 Å². The zero-order valence-electron chi connectivity index (χ0n) is 14.0. The molecule has 1 aliphatic heterocycles. The summed E-state index contributed by atoms with van der Waals surface area (Å²) in [6.07, 6.45) is 0. The van der Waals surface area contributed by atoms with Gasteiger partial charge < -0.3 is 4.90 Å². The highest BCUT2D eigenvalue weighted by Gasteiger charge is 2.32. The molecule has 1 heterocycles. The molecule has 2 aromatic rings. The van der Waals surface area contributed by atoms with Gasteiger partial charge in [0.25, 0.3) is 0 Å². The summed E-state index contributed by atoms with van der Waals surface area (Å²) in [4.78, 5) is 10.9. The Kier molecular flexibility index (Phi) is 5.30. The van der Waals surface area contributed by atoms with Gasteiger partial charge in [-0.05, 0) is 12.1 Å². The van der Waals surface area contributed by atoms with Crippen molar-refractivity contribution in [2.75, 3.05) is 26.2 Å². The molecule has 0 bridgehead atoms. The maximum Gasteiger partial charge on any atom is 0.306 e. The molecule has 0 atom stereocenters.